The molecule has 0 aliphatic rings. The number of carbonyl (C=O) groups is 1. The summed E-state index contributed by atoms with van der Waals surface area (Å²) in [7, 11) is 1.31. The van der Waals surface area contributed by atoms with Crippen LogP contribution in [0.2, 0.25) is 0 Å². The Bertz CT molecular complexity index is 335. The molecule has 1 aromatic carbocycles. The van der Waals surface area contributed by atoms with Gasteiger partial charge in [-0.05, 0) is 24.6 Å². The van der Waals surface area contributed by atoms with Crippen LogP contribution in [0.15, 0.2) is 24.3 Å². The lowest BCUT2D eigenvalue weighted by molar-refractivity contribution is -0.147. The number of benzene rings is 1. The molecule has 0 bridgehead atoms. The predicted molar refractivity (Wildman–Crippen MR) is 54.5 cm³/mol. The van der Waals surface area contributed by atoms with Crippen molar-refractivity contribution in [2.75, 3.05) is 7.11 Å². The average Bonchev–Trinajstić information content (AvgIpc) is 2.28. The number of aliphatic hydroxyl groups excluding tert-OH is 1. The van der Waals surface area contributed by atoms with Crippen molar-refractivity contribution >= 4 is 5.97 Å². The average molecular weight is 210 g/mol. The molecule has 15 heavy (non-hydrogen) atoms. The van der Waals surface area contributed by atoms with Gasteiger partial charge in [0.05, 0.1) is 13.7 Å². The van der Waals surface area contributed by atoms with Gasteiger partial charge >= 0.3 is 5.97 Å². The Morgan fingerprint density at radius 3 is 2.87 bits per heavy atom. The highest BCUT2D eigenvalue weighted by Gasteiger charge is 2.14. The highest BCUT2D eigenvalue weighted by atomic mass is 16.6. The Morgan fingerprint density at radius 1 is 1.53 bits per heavy atom. The van der Waals surface area contributed by atoms with E-state index >= 15 is 0 Å². The largest absolute Gasteiger partial charge is 0.479 e. The molecule has 0 heterocycles. The Balaban J connectivity index is 2.67. The van der Waals surface area contributed by atoms with Gasteiger partial charge < -0.3 is 14.6 Å². The molecule has 1 N–H and O–H groups in total. The fourth-order valence-electron chi connectivity index (χ4n) is 1.14. The fourth-order valence-corrected chi connectivity index (χ4v) is 1.14. The van der Waals surface area contributed by atoms with Crippen LogP contribution in [0.1, 0.15) is 12.5 Å². The van der Waals surface area contributed by atoms with Gasteiger partial charge in [-0.3, -0.25) is 0 Å². The van der Waals surface area contributed by atoms with Crippen molar-refractivity contribution in [2.45, 2.75) is 19.6 Å². The number of methoxy groups -OCH3 is 1. The van der Waals surface area contributed by atoms with Crippen molar-refractivity contribution in [3.8, 4) is 5.75 Å². The van der Waals surface area contributed by atoms with Crippen molar-refractivity contribution in [2.24, 2.45) is 0 Å². The van der Waals surface area contributed by atoms with E-state index < -0.39 is 12.1 Å². The first kappa shape index (κ1) is 11.5. The predicted octanol–water partition coefficient (Wildman–Crippen LogP) is 1.12. The lowest BCUT2D eigenvalue weighted by Crippen LogP contribution is -2.24. The number of hydrogen-bond donors (Lipinski definition) is 1. The van der Waals surface area contributed by atoms with Crippen LogP contribution < -0.4 is 4.74 Å². The van der Waals surface area contributed by atoms with Crippen LogP contribution in [0.3, 0.4) is 0 Å². The summed E-state index contributed by atoms with van der Waals surface area (Å²) < 4.78 is 9.85. The molecular formula is C11H14O4. The van der Waals surface area contributed by atoms with Crippen LogP contribution >= 0.6 is 0 Å². The van der Waals surface area contributed by atoms with Crippen LogP contribution in [0.5, 0.6) is 5.75 Å². The molecule has 1 aromatic rings. The Labute approximate surface area is 88.4 Å². The molecule has 4 nitrogen and oxygen atoms in total. The summed E-state index contributed by atoms with van der Waals surface area (Å²) in [5, 5.41) is 8.90. The minimum Gasteiger partial charge on any atom is -0.479 e. The van der Waals surface area contributed by atoms with Crippen molar-refractivity contribution in [3.05, 3.63) is 29.8 Å². The Hall–Kier alpha value is -1.55. The Morgan fingerprint density at radius 2 is 2.27 bits per heavy atom. The molecule has 0 unspecified atom stereocenters. The van der Waals surface area contributed by atoms with E-state index in [0.29, 0.717) is 5.75 Å². The molecule has 0 amide bonds. The fraction of sp³-hybridized carbons (Fsp3) is 0.364. The van der Waals surface area contributed by atoms with Gasteiger partial charge in [0.2, 0.25) is 0 Å². The molecule has 0 aliphatic heterocycles. The van der Waals surface area contributed by atoms with Gasteiger partial charge in [-0.15, -0.1) is 0 Å². The normalized spacial score (nSPS) is 11.9. The van der Waals surface area contributed by atoms with Crippen LogP contribution in [-0.2, 0) is 16.1 Å². The number of carbonyl (C=O) groups excluding carboxylic acids is 1. The summed E-state index contributed by atoms with van der Waals surface area (Å²) in [5.74, 6) is 0.115. The lowest BCUT2D eigenvalue weighted by Gasteiger charge is -2.12. The zero-order valence-corrected chi connectivity index (χ0v) is 8.77. The van der Waals surface area contributed by atoms with E-state index in [1.54, 1.807) is 31.2 Å². The number of aliphatic hydroxyl groups is 1. The molecule has 0 saturated carbocycles. The molecule has 0 fully saturated rings. The van der Waals surface area contributed by atoms with E-state index in [2.05, 4.69) is 4.74 Å². The van der Waals surface area contributed by atoms with E-state index in [1.165, 1.54) is 7.11 Å². The van der Waals surface area contributed by atoms with Crippen molar-refractivity contribution < 1.29 is 19.4 Å². The minimum atomic E-state index is -0.649. The zero-order valence-electron chi connectivity index (χ0n) is 8.77. The van der Waals surface area contributed by atoms with Crippen LogP contribution in [0.25, 0.3) is 0 Å². The first-order chi connectivity index (χ1) is 7.17. The number of ether oxygens (including phenoxy) is 2. The van der Waals surface area contributed by atoms with Crippen LogP contribution in [0.4, 0.5) is 0 Å². The van der Waals surface area contributed by atoms with E-state index in [-0.39, 0.29) is 6.61 Å². The van der Waals surface area contributed by atoms with E-state index in [9.17, 15) is 4.79 Å². The number of rotatable bonds is 4. The smallest absolute Gasteiger partial charge is 0.346 e. The summed E-state index contributed by atoms with van der Waals surface area (Å²) >= 11 is 0. The molecule has 0 aromatic heterocycles. The quantitative estimate of drug-likeness (QED) is 0.756. The van der Waals surface area contributed by atoms with Gasteiger partial charge in [0.25, 0.3) is 0 Å². The molecule has 82 valence electrons. The highest BCUT2D eigenvalue weighted by molar-refractivity contribution is 5.74. The zero-order chi connectivity index (χ0) is 11.3. The van der Waals surface area contributed by atoms with E-state index in [4.69, 9.17) is 9.84 Å². The maximum absolute atomic E-state index is 11.1. The second-order valence-electron chi connectivity index (χ2n) is 3.09. The van der Waals surface area contributed by atoms with Crippen molar-refractivity contribution in [3.63, 3.8) is 0 Å². The third kappa shape index (κ3) is 3.25. The minimum absolute atomic E-state index is 0.0518. The first-order valence-corrected chi connectivity index (χ1v) is 4.61. The maximum atomic E-state index is 11.1. The van der Waals surface area contributed by atoms with Gasteiger partial charge in [0.15, 0.2) is 6.10 Å². The van der Waals surface area contributed by atoms with Gasteiger partial charge in [-0.25, -0.2) is 4.79 Å². The highest BCUT2D eigenvalue weighted by Crippen LogP contribution is 2.15. The third-order valence-electron chi connectivity index (χ3n) is 1.93. The molecule has 0 saturated heterocycles. The molecule has 0 aliphatic carbocycles. The van der Waals surface area contributed by atoms with Crippen molar-refractivity contribution in [1.29, 1.82) is 0 Å². The second-order valence-corrected chi connectivity index (χ2v) is 3.09. The molecule has 1 atom stereocenters. The summed E-state index contributed by atoms with van der Waals surface area (Å²) in [6.07, 6.45) is -0.649. The maximum Gasteiger partial charge on any atom is 0.346 e. The van der Waals surface area contributed by atoms with Gasteiger partial charge in [-0.1, -0.05) is 12.1 Å². The molecule has 0 radical (unpaired) electrons. The third-order valence-corrected chi connectivity index (χ3v) is 1.93. The lowest BCUT2D eigenvalue weighted by atomic mass is 10.2. The van der Waals surface area contributed by atoms with E-state index in [1.807, 2.05) is 0 Å². The van der Waals surface area contributed by atoms with Crippen LogP contribution in [0, 0.1) is 0 Å². The molecule has 0 spiro atoms. The van der Waals surface area contributed by atoms with E-state index in [0.717, 1.165) is 5.56 Å². The van der Waals surface area contributed by atoms with Crippen molar-refractivity contribution in [1.82, 2.24) is 0 Å². The number of hydrogen-bond acceptors (Lipinski definition) is 4. The summed E-state index contributed by atoms with van der Waals surface area (Å²) in [6.45, 7) is 1.56. The Kier molecular flexibility index (Phi) is 4.12. The van der Waals surface area contributed by atoms with Gasteiger partial charge in [0, 0.05) is 0 Å². The summed E-state index contributed by atoms with van der Waals surface area (Å²) in [5.41, 5.74) is 0.740. The summed E-state index contributed by atoms with van der Waals surface area (Å²) in [6, 6.07) is 6.93. The second kappa shape index (κ2) is 5.36. The van der Waals surface area contributed by atoms with Gasteiger partial charge in [0.1, 0.15) is 5.75 Å². The van der Waals surface area contributed by atoms with Crippen LogP contribution in [-0.4, -0.2) is 24.3 Å². The topological polar surface area (TPSA) is 55.8 Å². The first-order valence-electron chi connectivity index (χ1n) is 4.61. The summed E-state index contributed by atoms with van der Waals surface area (Å²) in [4.78, 5) is 11.1. The molecule has 4 heteroatoms. The number of esters is 1. The SMILES string of the molecule is COC(=O)[C@H](C)Oc1cccc(CO)c1. The standard InChI is InChI=1S/C11H14O4/c1-8(11(13)14-2)15-10-5-3-4-9(6-10)7-12/h3-6,8,12H,7H2,1-2H3/t8-/m0/s1. The monoisotopic (exact) mass is 210 g/mol. The molecule has 1 rings (SSSR count). The van der Waals surface area contributed by atoms with Gasteiger partial charge in [-0.2, -0.15) is 0 Å². The molecular weight excluding hydrogens is 196 g/mol.